The number of fused-ring (bicyclic) bond motifs is 5. The lowest BCUT2D eigenvalue weighted by Gasteiger charge is -2.57. The molecule has 7 nitrogen and oxygen atoms in total. The van der Waals surface area contributed by atoms with Crippen LogP contribution in [-0.2, 0) is 30.2 Å². The van der Waals surface area contributed by atoms with E-state index >= 15 is 0 Å². The van der Waals surface area contributed by atoms with Gasteiger partial charge in [0.05, 0.1) is 13.4 Å². The molecule has 1 aliphatic heterocycles. The summed E-state index contributed by atoms with van der Waals surface area (Å²) in [5, 5.41) is 12.5. The Morgan fingerprint density at radius 3 is 2.62 bits per heavy atom. The van der Waals surface area contributed by atoms with Gasteiger partial charge in [-0.2, -0.15) is 8.42 Å². The summed E-state index contributed by atoms with van der Waals surface area (Å²) in [4.78, 5) is 0. The highest BCUT2D eigenvalue weighted by Gasteiger charge is 2.89. The predicted octanol–water partition coefficient (Wildman–Crippen LogP) is 3.53. The Bertz CT molecular complexity index is 1150. The van der Waals surface area contributed by atoms with Gasteiger partial charge in [0.25, 0.3) is 10.1 Å². The van der Waals surface area contributed by atoms with Crippen molar-refractivity contribution in [3.05, 3.63) is 29.3 Å². The van der Waals surface area contributed by atoms with Crippen molar-refractivity contribution in [2.75, 3.05) is 20.0 Å². The zero-order valence-electron chi connectivity index (χ0n) is 20.7. The van der Waals surface area contributed by atoms with Crippen LogP contribution in [0.4, 0.5) is 0 Å². The highest BCUT2D eigenvalue weighted by atomic mass is 32.2. The van der Waals surface area contributed by atoms with Gasteiger partial charge in [-0.05, 0) is 87.5 Å². The number of methoxy groups -OCH3 is 1. The van der Waals surface area contributed by atoms with E-state index in [4.69, 9.17) is 18.4 Å². The minimum Gasteiger partial charge on any atom is -0.497 e. The third kappa shape index (κ3) is 2.59. The second-order valence-corrected chi connectivity index (χ2v) is 13.6. The Balaban J connectivity index is 1.49. The van der Waals surface area contributed by atoms with Crippen LogP contribution in [0, 0.1) is 16.7 Å². The molecule has 34 heavy (non-hydrogen) atoms. The van der Waals surface area contributed by atoms with Crippen molar-refractivity contribution in [1.82, 2.24) is 0 Å². The van der Waals surface area contributed by atoms with Gasteiger partial charge in [0, 0.05) is 10.8 Å². The molecule has 1 N–H and O–H groups in total. The molecule has 0 radical (unpaired) electrons. The number of hydrogen-bond acceptors (Lipinski definition) is 7. The number of ether oxygens (including phenoxy) is 3. The van der Waals surface area contributed by atoms with Gasteiger partial charge in [0.1, 0.15) is 24.1 Å². The maximum Gasteiger partial charge on any atom is 0.264 e. The number of benzene rings is 1. The Labute approximate surface area is 202 Å². The maximum atomic E-state index is 12.5. The first-order chi connectivity index (χ1) is 15.8. The molecule has 4 fully saturated rings. The summed E-state index contributed by atoms with van der Waals surface area (Å²) in [7, 11) is -2.02. The van der Waals surface area contributed by atoms with Crippen molar-refractivity contribution in [3.63, 3.8) is 0 Å². The molecular weight excluding hydrogens is 456 g/mol. The maximum absolute atomic E-state index is 12.5. The Kier molecular flexibility index (Phi) is 4.62. The lowest BCUT2D eigenvalue weighted by molar-refractivity contribution is -0.253. The SMILES string of the molecule is COc1ccc2c(c1)CC[C@@H]1[C@@H]2CC[C@@]2(C)[C@]13CC[C@@]2(O)[C@@]1(COS(C)(=O)=O)OC(C)(C)O[C@@H]31. The molecule has 1 aromatic carbocycles. The normalized spacial score (nSPS) is 45.9. The van der Waals surface area contributed by atoms with Crippen molar-refractivity contribution in [1.29, 1.82) is 0 Å². The van der Waals surface area contributed by atoms with Crippen molar-refractivity contribution in [2.45, 2.75) is 88.3 Å². The Hall–Kier alpha value is -1.19. The molecule has 0 aromatic heterocycles. The van der Waals surface area contributed by atoms with E-state index in [0.717, 1.165) is 44.1 Å². The molecule has 4 aliphatic carbocycles. The lowest BCUT2D eigenvalue weighted by atomic mass is 9.47. The third-order valence-corrected chi connectivity index (χ3v) is 10.9. The minimum absolute atomic E-state index is 0.223. The first-order valence-electron chi connectivity index (χ1n) is 12.4. The van der Waals surface area contributed by atoms with Crippen molar-refractivity contribution in [2.24, 2.45) is 16.7 Å². The van der Waals surface area contributed by atoms with Crippen LogP contribution in [0.5, 0.6) is 5.75 Å². The van der Waals surface area contributed by atoms with Crippen LogP contribution in [0.3, 0.4) is 0 Å². The molecular formula is C26H36O7S. The van der Waals surface area contributed by atoms with E-state index in [1.54, 1.807) is 7.11 Å². The fourth-order valence-electron chi connectivity index (χ4n) is 9.22. The molecule has 0 spiro atoms. The fourth-order valence-corrected chi connectivity index (χ4v) is 9.61. The number of rotatable bonds is 4. The zero-order valence-corrected chi connectivity index (χ0v) is 21.5. The molecule has 1 heterocycles. The monoisotopic (exact) mass is 492 g/mol. The molecule has 3 saturated carbocycles. The lowest BCUT2D eigenvalue weighted by Crippen LogP contribution is -2.63. The van der Waals surface area contributed by atoms with E-state index in [2.05, 4.69) is 25.1 Å². The van der Waals surface area contributed by atoms with Gasteiger partial charge in [0.2, 0.25) is 0 Å². The number of aliphatic hydroxyl groups is 1. The Morgan fingerprint density at radius 1 is 1.15 bits per heavy atom. The molecule has 6 rings (SSSR count). The highest BCUT2D eigenvalue weighted by Crippen LogP contribution is 2.82. The van der Waals surface area contributed by atoms with Gasteiger partial charge in [-0.15, -0.1) is 0 Å². The van der Waals surface area contributed by atoms with Crippen LogP contribution in [-0.4, -0.2) is 56.6 Å². The standard InChI is InChI=1S/C26H36O7S/c1-22(2)32-21-24-12-13-26(27,25(21,33-22)15-31-34(5,28)29)23(24,3)11-10-19-18-8-7-17(30-4)14-16(18)6-9-20(19)24/h7-8,14,19-21,27H,6,9-13,15H2,1-5H3/t19-,20-,21+,23+,24-,25+,26+/m1/s1. The first kappa shape index (κ1) is 23.2. The Morgan fingerprint density at radius 2 is 1.91 bits per heavy atom. The fraction of sp³-hybridized carbons (Fsp3) is 0.769. The van der Waals surface area contributed by atoms with Crippen LogP contribution in [0.1, 0.15) is 69.9 Å². The molecule has 0 amide bonds. The van der Waals surface area contributed by atoms with E-state index < -0.39 is 38.6 Å². The molecule has 1 saturated heterocycles. The second-order valence-electron chi connectivity index (χ2n) is 11.9. The smallest absolute Gasteiger partial charge is 0.264 e. The van der Waals surface area contributed by atoms with Gasteiger partial charge in [0.15, 0.2) is 11.4 Å². The third-order valence-electron chi connectivity index (χ3n) is 10.3. The minimum atomic E-state index is -3.72. The quantitative estimate of drug-likeness (QED) is 0.643. The summed E-state index contributed by atoms with van der Waals surface area (Å²) in [6.07, 6.45) is 5.78. The summed E-state index contributed by atoms with van der Waals surface area (Å²) in [6, 6.07) is 6.43. The summed E-state index contributed by atoms with van der Waals surface area (Å²) in [5.41, 5.74) is -0.491. The van der Waals surface area contributed by atoms with Gasteiger partial charge < -0.3 is 19.3 Å². The van der Waals surface area contributed by atoms with Crippen LogP contribution < -0.4 is 4.74 Å². The van der Waals surface area contributed by atoms with Gasteiger partial charge in [-0.25, -0.2) is 0 Å². The average Bonchev–Trinajstić information content (AvgIpc) is 3.25. The number of hydrogen-bond donors (Lipinski definition) is 1. The number of aryl methyl sites for hydroxylation is 1. The van der Waals surface area contributed by atoms with E-state index in [1.807, 2.05) is 13.8 Å². The summed E-state index contributed by atoms with van der Waals surface area (Å²) in [6.45, 7) is 5.68. The van der Waals surface area contributed by atoms with Gasteiger partial charge in [-0.1, -0.05) is 13.0 Å². The molecule has 5 aliphatic rings. The zero-order chi connectivity index (χ0) is 24.4. The van der Waals surface area contributed by atoms with E-state index in [0.29, 0.717) is 18.3 Å². The molecule has 7 atom stereocenters. The van der Waals surface area contributed by atoms with Crippen LogP contribution in [0.15, 0.2) is 18.2 Å². The highest BCUT2D eigenvalue weighted by molar-refractivity contribution is 7.85. The summed E-state index contributed by atoms with van der Waals surface area (Å²) < 4.78 is 48.2. The molecule has 1 aromatic rings. The van der Waals surface area contributed by atoms with Gasteiger partial charge in [-0.3, -0.25) is 4.18 Å². The van der Waals surface area contributed by atoms with E-state index in [1.165, 1.54) is 11.1 Å². The topological polar surface area (TPSA) is 91.3 Å². The molecule has 188 valence electrons. The van der Waals surface area contributed by atoms with Crippen molar-refractivity contribution >= 4 is 10.1 Å². The van der Waals surface area contributed by atoms with E-state index in [-0.39, 0.29) is 12.0 Å². The largest absolute Gasteiger partial charge is 0.497 e. The first-order valence-corrected chi connectivity index (χ1v) is 14.3. The van der Waals surface area contributed by atoms with Gasteiger partial charge >= 0.3 is 0 Å². The van der Waals surface area contributed by atoms with Crippen molar-refractivity contribution < 1.29 is 31.9 Å². The van der Waals surface area contributed by atoms with Crippen LogP contribution >= 0.6 is 0 Å². The average molecular weight is 493 g/mol. The molecule has 0 unspecified atom stereocenters. The summed E-state index contributed by atoms with van der Waals surface area (Å²) in [5.74, 6) is 0.622. The molecule has 2 bridgehead atoms. The molecule has 8 heteroatoms. The second kappa shape index (κ2) is 6.76. The van der Waals surface area contributed by atoms with Crippen LogP contribution in [0.2, 0.25) is 0 Å². The van der Waals surface area contributed by atoms with Crippen LogP contribution in [0.25, 0.3) is 0 Å². The summed E-state index contributed by atoms with van der Waals surface area (Å²) >= 11 is 0. The van der Waals surface area contributed by atoms with Crippen molar-refractivity contribution in [3.8, 4) is 5.75 Å². The van der Waals surface area contributed by atoms with E-state index in [9.17, 15) is 13.5 Å². The predicted molar refractivity (Wildman–Crippen MR) is 125 cm³/mol.